The van der Waals surface area contributed by atoms with Gasteiger partial charge in [-0.05, 0) is 38.8 Å². The summed E-state index contributed by atoms with van der Waals surface area (Å²) in [5.74, 6) is 0. The molecule has 0 aliphatic heterocycles. The van der Waals surface area contributed by atoms with Crippen LogP contribution in [-0.2, 0) is 11.2 Å². The fourth-order valence-electron chi connectivity index (χ4n) is 1.67. The van der Waals surface area contributed by atoms with E-state index in [0.29, 0.717) is 23.1 Å². The lowest BCUT2D eigenvalue weighted by Crippen LogP contribution is -2.46. The third-order valence-electron chi connectivity index (χ3n) is 2.88. The summed E-state index contributed by atoms with van der Waals surface area (Å²) in [6.45, 7) is 6.57. The van der Waals surface area contributed by atoms with Gasteiger partial charge in [0.1, 0.15) is 0 Å². The number of nitrogens with two attached hydrogens (primary N) is 1. The van der Waals surface area contributed by atoms with E-state index < -0.39 is 0 Å². The molecule has 0 aliphatic rings. The minimum Gasteiger partial charge on any atom is -0.374 e. The van der Waals surface area contributed by atoms with E-state index in [1.54, 1.807) is 6.07 Å². The molecule has 0 aliphatic carbocycles. The first kappa shape index (κ1) is 14.8. The van der Waals surface area contributed by atoms with Crippen LogP contribution in [0.25, 0.3) is 0 Å². The van der Waals surface area contributed by atoms with Crippen LogP contribution in [0.15, 0.2) is 18.2 Å². The van der Waals surface area contributed by atoms with Crippen LogP contribution in [0.5, 0.6) is 0 Å². The molecule has 4 heteroatoms. The monoisotopic (exact) mass is 275 g/mol. The van der Waals surface area contributed by atoms with Gasteiger partial charge in [-0.25, -0.2) is 0 Å². The topological polar surface area (TPSA) is 35.2 Å². The van der Waals surface area contributed by atoms with Crippen LogP contribution in [0.2, 0.25) is 10.0 Å². The Morgan fingerprint density at radius 2 is 2.00 bits per heavy atom. The molecule has 0 saturated heterocycles. The van der Waals surface area contributed by atoms with Crippen LogP contribution in [0.1, 0.15) is 26.3 Å². The standard InChI is InChI=1S/C13H19Cl2NO/c1-4-17-13(2,3)11(16)8-9-6-5-7-10(14)12(9)15/h5-7,11H,4,8,16H2,1-3H3. The highest BCUT2D eigenvalue weighted by molar-refractivity contribution is 6.42. The van der Waals surface area contributed by atoms with Crippen molar-refractivity contribution in [1.82, 2.24) is 0 Å². The number of halogens is 2. The molecule has 1 rings (SSSR count). The van der Waals surface area contributed by atoms with Crippen molar-refractivity contribution >= 4 is 23.2 Å². The first-order valence-electron chi connectivity index (χ1n) is 5.71. The van der Waals surface area contributed by atoms with Crippen molar-refractivity contribution in [2.75, 3.05) is 6.61 Å². The van der Waals surface area contributed by atoms with E-state index in [1.807, 2.05) is 32.9 Å². The maximum atomic E-state index is 6.16. The minimum absolute atomic E-state index is 0.126. The van der Waals surface area contributed by atoms with E-state index in [9.17, 15) is 0 Å². The fourth-order valence-corrected chi connectivity index (χ4v) is 2.07. The maximum absolute atomic E-state index is 6.16. The van der Waals surface area contributed by atoms with Crippen LogP contribution in [0, 0.1) is 0 Å². The van der Waals surface area contributed by atoms with Gasteiger partial charge in [0, 0.05) is 12.6 Å². The van der Waals surface area contributed by atoms with Gasteiger partial charge in [0.2, 0.25) is 0 Å². The Morgan fingerprint density at radius 1 is 1.35 bits per heavy atom. The van der Waals surface area contributed by atoms with Crippen LogP contribution >= 0.6 is 23.2 Å². The quantitative estimate of drug-likeness (QED) is 0.890. The van der Waals surface area contributed by atoms with Crippen LogP contribution in [0.4, 0.5) is 0 Å². The Kier molecular flexibility index (Phi) is 5.26. The second-order valence-electron chi connectivity index (χ2n) is 4.56. The minimum atomic E-state index is -0.375. The third-order valence-corrected chi connectivity index (χ3v) is 3.74. The highest BCUT2D eigenvalue weighted by Gasteiger charge is 2.27. The van der Waals surface area contributed by atoms with E-state index >= 15 is 0 Å². The summed E-state index contributed by atoms with van der Waals surface area (Å²) < 4.78 is 5.63. The molecule has 0 amide bonds. The first-order chi connectivity index (χ1) is 7.88. The summed E-state index contributed by atoms with van der Waals surface area (Å²) >= 11 is 12.1. The molecule has 96 valence electrons. The van der Waals surface area contributed by atoms with Gasteiger partial charge in [-0.1, -0.05) is 35.3 Å². The fraction of sp³-hybridized carbons (Fsp3) is 0.538. The van der Waals surface area contributed by atoms with Gasteiger partial charge in [-0.3, -0.25) is 0 Å². The van der Waals surface area contributed by atoms with Gasteiger partial charge in [0.05, 0.1) is 15.6 Å². The van der Waals surface area contributed by atoms with Gasteiger partial charge < -0.3 is 10.5 Å². The van der Waals surface area contributed by atoms with Crippen molar-refractivity contribution in [3.63, 3.8) is 0 Å². The molecular weight excluding hydrogens is 257 g/mol. The van der Waals surface area contributed by atoms with Crippen molar-refractivity contribution in [2.24, 2.45) is 5.73 Å². The van der Waals surface area contributed by atoms with Crippen molar-refractivity contribution < 1.29 is 4.74 Å². The SMILES string of the molecule is CCOC(C)(C)C(N)Cc1cccc(Cl)c1Cl. The lowest BCUT2D eigenvalue weighted by atomic mass is 9.93. The number of benzene rings is 1. The summed E-state index contributed by atoms with van der Waals surface area (Å²) in [6, 6.07) is 5.46. The molecule has 0 fully saturated rings. The maximum Gasteiger partial charge on any atom is 0.0779 e. The van der Waals surface area contributed by atoms with Gasteiger partial charge in [-0.2, -0.15) is 0 Å². The lowest BCUT2D eigenvalue weighted by Gasteiger charge is -2.31. The number of hydrogen-bond donors (Lipinski definition) is 1. The van der Waals surface area contributed by atoms with Crippen LogP contribution in [0.3, 0.4) is 0 Å². The molecule has 2 nitrogen and oxygen atoms in total. The van der Waals surface area contributed by atoms with Crippen LogP contribution < -0.4 is 5.73 Å². The van der Waals surface area contributed by atoms with E-state index in [2.05, 4.69) is 0 Å². The molecule has 0 aromatic heterocycles. The van der Waals surface area contributed by atoms with E-state index in [1.165, 1.54) is 0 Å². The highest BCUT2D eigenvalue weighted by Crippen LogP contribution is 2.28. The molecule has 0 bridgehead atoms. The zero-order valence-corrected chi connectivity index (χ0v) is 12.0. The Balaban J connectivity index is 2.81. The average Bonchev–Trinajstić information content (AvgIpc) is 2.24. The zero-order valence-electron chi connectivity index (χ0n) is 10.5. The molecule has 0 spiro atoms. The van der Waals surface area contributed by atoms with Crippen molar-refractivity contribution in [3.8, 4) is 0 Å². The third kappa shape index (κ3) is 3.85. The van der Waals surface area contributed by atoms with Gasteiger partial charge in [0.15, 0.2) is 0 Å². The van der Waals surface area contributed by atoms with E-state index in [-0.39, 0.29) is 11.6 Å². The number of rotatable bonds is 5. The highest BCUT2D eigenvalue weighted by atomic mass is 35.5. The van der Waals surface area contributed by atoms with Crippen molar-refractivity contribution in [2.45, 2.75) is 38.8 Å². The largest absolute Gasteiger partial charge is 0.374 e. The van der Waals surface area contributed by atoms with Crippen molar-refractivity contribution in [1.29, 1.82) is 0 Å². The molecule has 0 saturated carbocycles. The normalized spacial score (nSPS) is 13.8. The molecule has 1 atom stereocenters. The summed E-state index contributed by atoms with van der Waals surface area (Å²) in [4.78, 5) is 0. The summed E-state index contributed by atoms with van der Waals surface area (Å²) in [7, 11) is 0. The Bertz CT molecular complexity index is 380. The molecule has 2 N–H and O–H groups in total. The molecule has 0 heterocycles. The van der Waals surface area contributed by atoms with E-state index in [0.717, 1.165) is 5.56 Å². The number of ether oxygens (including phenoxy) is 1. The second kappa shape index (κ2) is 6.05. The predicted molar refractivity (Wildman–Crippen MR) is 73.8 cm³/mol. The molecular formula is C13H19Cl2NO. The Morgan fingerprint density at radius 3 is 2.59 bits per heavy atom. The van der Waals surface area contributed by atoms with Gasteiger partial charge in [0.25, 0.3) is 0 Å². The molecule has 17 heavy (non-hydrogen) atoms. The van der Waals surface area contributed by atoms with E-state index in [4.69, 9.17) is 33.7 Å². The smallest absolute Gasteiger partial charge is 0.0779 e. The average molecular weight is 276 g/mol. The lowest BCUT2D eigenvalue weighted by molar-refractivity contribution is -0.0288. The molecule has 0 radical (unpaired) electrons. The van der Waals surface area contributed by atoms with Crippen molar-refractivity contribution in [3.05, 3.63) is 33.8 Å². The zero-order chi connectivity index (χ0) is 13.1. The Hall–Kier alpha value is -0.280. The second-order valence-corrected chi connectivity index (χ2v) is 5.35. The summed E-state index contributed by atoms with van der Waals surface area (Å²) in [6.07, 6.45) is 0.645. The number of hydrogen-bond acceptors (Lipinski definition) is 2. The molecule has 1 aromatic carbocycles. The summed E-state index contributed by atoms with van der Waals surface area (Å²) in [5.41, 5.74) is 6.75. The summed E-state index contributed by atoms with van der Waals surface area (Å²) in [5, 5.41) is 1.14. The van der Waals surface area contributed by atoms with Gasteiger partial charge in [-0.15, -0.1) is 0 Å². The Labute approximate surface area is 113 Å². The molecule has 1 unspecified atom stereocenters. The van der Waals surface area contributed by atoms with Crippen LogP contribution in [-0.4, -0.2) is 18.2 Å². The predicted octanol–water partition coefficient (Wildman–Crippen LogP) is 3.68. The van der Waals surface area contributed by atoms with Gasteiger partial charge >= 0.3 is 0 Å². The molecule has 1 aromatic rings. The first-order valence-corrected chi connectivity index (χ1v) is 6.46.